The topological polar surface area (TPSA) is 79.9 Å². The number of hydrogen-bond donors (Lipinski definition) is 2. The van der Waals surface area contributed by atoms with Gasteiger partial charge in [-0.25, -0.2) is 14.0 Å². The minimum absolute atomic E-state index is 0.0268. The van der Waals surface area contributed by atoms with Crippen molar-refractivity contribution in [2.45, 2.75) is 58.3 Å². The zero-order valence-corrected chi connectivity index (χ0v) is 22.8. The molecule has 1 atom stereocenters. The van der Waals surface area contributed by atoms with Gasteiger partial charge in [-0.1, -0.05) is 29.9 Å². The van der Waals surface area contributed by atoms with E-state index in [2.05, 4.69) is 10.0 Å². The minimum atomic E-state index is -4.37. The molecular formula is C26H33F4N3O4S. The van der Waals surface area contributed by atoms with Crippen molar-refractivity contribution >= 4 is 35.4 Å². The lowest BCUT2D eigenvalue weighted by Crippen LogP contribution is -2.40. The number of benzene rings is 1. The second-order valence-electron chi connectivity index (χ2n) is 9.41. The monoisotopic (exact) mass is 559 g/mol. The second-order valence-corrected chi connectivity index (χ2v) is 10.4. The number of nitrogens with zero attached hydrogens (tertiary/aromatic N) is 1. The van der Waals surface area contributed by atoms with E-state index in [0.717, 1.165) is 0 Å². The maximum absolute atomic E-state index is 15.1. The third-order valence-electron chi connectivity index (χ3n) is 5.01. The smallest absolute Gasteiger partial charge is 0.444 e. The largest absolute Gasteiger partial charge is 0.456 e. The maximum atomic E-state index is 15.1. The molecule has 2 rings (SSSR count). The van der Waals surface area contributed by atoms with E-state index in [0.29, 0.717) is 17.6 Å². The Hall–Kier alpha value is -2.99. The molecule has 0 bridgehead atoms. The molecule has 0 saturated carbocycles. The molecule has 0 aromatic heterocycles. The van der Waals surface area contributed by atoms with E-state index in [4.69, 9.17) is 9.47 Å². The van der Waals surface area contributed by atoms with Gasteiger partial charge >= 0.3 is 17.7 Å². The van der Waals surface area contributed by atoms with Gasteiger partial charge in [-0.3, -0.25) is 9.62 Å². The first-order chi connectivity index (χ1) is 17.7. The van der Waals surface area contributed by atoms with Crippen molar-refractivity contribution in [2.75, 3.05) is 24.5 Å². The van der Waals surface area contributed by atoms with Crippen LogP contribution in [-0.4, -0.2) is 49.0 Å². The quantitative estimate of drug-likeness (QED) is 0.258. The van der Waals surface area contributed by atoms with E-state index < -0.39 is 35.2 Å². The molecule has 0 aliphatic heterocycles. The van der Waals surface area contributed by atoms with Gasteiger partial charge in [-0.05, 0) is 64.8 Å². The molecule has 0 saturated heterocycles. The number of nitrogens with one attached hydrogen (secondary N) is 2. The third-order valence-corrected chi connectivity index (χ3v) is 5.53. The average Bonchev–Trinajstić information content (AvgIpc) is 3.02. The fourth-order valence-corrected chi connectivity index (χ4v) is 3.75. The van der Waals surface area contributed by atoms with Crippen LogP contribution >= 0.6 is 11.9 Å². The van der Waals surface area contributed by atoms with Crippen LogP contribution < -0.4 is 14.9 Å². The van der Waals surface area contributed by atoms with Crippen molar-refractivity contribution in [1.29, 1.82) is 0 Å². The number of anilines is 1. The Bertz CT molecular complexity index is 1080. The number of alkyl halides is 3. The molecule has 0 heterocycles. The molecule has 0 fully saturated rings. The van der Waals surface area contributed by atoms with Crippen molar-refractivity contribution in [1.82, 2.24) is 10.0 Å². The van der Waals surface area contributed by atoms with E-state index in [9.17, 15) is 22.8 Å². The van der Waals surface area contributed by atoms with Gasteiger partial charge in [-0.15, -0.1) is 0 Å². The first kappa shape index (κ1) is 31.2. The molecule has 12 heteroatoms. The first-order valence-electron chi connectivity index (χ1n) is 12.0. The average molecular weight is 560 g/mol. The first-order valence-corrected chi connectivity index (χ1v) is 12.8. The number of allylic oxidation sites excluding steroid dienone is 5. The van der Waals surface area contributed by atoms with Gasteiger partial charge in [-0.2, -0.15) is 13.2 Å². The number of rotatable bonds is 9. The Kier molecular flexibility index (Phi) is 11.3. The fourth-order valence-electron chi connectivity index (χ4n) is 3.33. The molecule has 1 unspecified atom stereocenters. The van der Waals surface area contributed by atoms with E-state index >= 15 is 4.39 Å². The SMILES string of the molecule is CCN(C(=O)OC(C)CNC(=O)OC(C)(C)C)c1ccc(C2=CC=C(CNSC(F)(F)F)CC=C2)c(F)c1. The fraction of sp³-hybridized carbons (Fsp3) is 0.462. The van der Waals surface area contributed by atoms with Crippen molar-refractivity contribution in [3.05, 3.63) is 59.5 Å². The summed E-state index contributed by atoms with van der Waals surface area (Å²) < 4.78 is 64.9. The van der Waals surface area contributed by atoms with Gasteiger partial charge in [0.25, 0.3) is 0 Å². The van der Waals surface area contributed by atoms with Gasteiger partial charge in [0.1, 0.15) is 17.5 Å². The van der Waals surface area contributed by atoms with Crippen LogP contribution in [-0.2, 0) is 9.47 Å². The van der Waals surface area contributed by atoms with Gasteiger partial charge < -0.3 is 14.8 Å². The number of hydrogen-bond acceptors (Lipinski definition) is 6. The summed E-state index contributed by atoms with van der Waals surface area (Å²) in [7, 11) is 0. The van der Waals surface area contributed by atoms with E-state index in [1.165, 1.54) is 17.0 Å². The molecule has 0 spiro atoms. The van der Waals surface area contributed by atoms with Crippen molar-refractivity contribution in [3.8, 4) is 0 Å². The van der Waals surface area contributed by atoms with E-state index in [-0.39, 0.29) is 42.8 Å². The summed E-state index contributed by atoms with van der Waals surface area (Å²) in [4.78, 5) is 25.8. The molecule has 1 aromatic carbocycles. The lowest BCUT2D eigenvalue weighted by Gasteiger charge is -2.24. The molecule has 38 heavy (non-hydrogen) atoms. The van der Waals surface area contributed by atoms with E-state index in [1.54, 1.807) is 65.0 Å². The highest BCUT2D eigenvalue weighted by Gasteiger charge is 2.28. The van der Waals surface area contributed by atoms with Gasteiger partial charge in [0.15, 0.2) is 0 Å². The molecule has 0 radical (unpaired) electrons. The molecule has 2 amide bonds. The van der Waals surface area contributed by atoms with Gasteiger partial charge in [0.05, 0.1) is 6.54 Å². The number of amides is 2. The van der Waals surface area contributed by atoms with Crippen molar-refractivity contribution in [3.63, 3.8) is 0 Å². The van der Waals surface area contributed by atoms with Crippen LogP contribution in [0.1, 0.15) is 46.6 Å². The number of carbonyl (C=O) groups is 2. The van der Waals surface area contributed by atoms with Crippen LogP contribution in [0.3, 0.4) is 0 Å². The highest BCUT2D eigenvalue weighted by molar-refractivity contribution is 7.98. The highest BCUT2D eigenvalue weighted by Crippen LogP contribution is 2.29. The summed E-state index contributed by atoms with van der Waals surface area (Å²) in [6, 6.07) is 4.33. The number of halogens is 4. The summed E-state index contributed by atoms with van der Waals surface area (Å²) in [5, 5.41) is 2.53. The minimum Gasteiger partial charge on any atom is -0.444 e. The summed E-state index contributed by atoms with van der Waals surface area (Å²) >= 11 is -0.311. The molecule has 1 aromatic rings. The Morgan fingerprint density at radius 3 is 2.50 bits per heavy atom. The third kappa shape index (κ3) is 10.8. The Morgan fingerprint density at radius 2 is 1.89 bits per heavy atom. The predicted octanol–water partition coefficient (Wildman–Crippen LogP) is 6.73. The summed E-state index contributed by atoms with van der Waals surface area (Å²) in [5.41, 5.74) is -3.22. The lowest BCUT2D eigenvalue weighted by atomic mass is 10.0. The maximum Gasteiger partial charge on any atom is 0.456 e. The van der Waals surface area contributed by atoms with Crippen LogP contribution in [0.5, 0.6) is 0 Å². The second kappa shape index (κ2) is 13.7. The number of carbonyl (C=O) groups excluding carboxylic acids is 2. The summed E-state index contributed by atoms with van der Waals surface area (Å²) in [6.45, 7) is 8.79. The zero-order chi connectivity index (χ0) is 28.5. The predicted molar refractivity (Wildman–Crippen MR) is 141 cm³/mol. The van der Waals surface area contributed by atoms with Crippen LogP contribution in [0, 0.1) is 5.82 Å². The molecule has 2 N–H and O–H groups in total. The Labute approximate surface area is 224 Å². The number of ether oxygens (including phenoxy) is 2. The normalized spacial score (nSPS) is 14.7. The molecule has 1 aliphatic rings. The van der Waals surface area contributed by atoms with Crippen LogP contribution in [0.2, 0.25) is 0 Å². The van der Waals surface area contributed by atoms with Gasteiger partial charge in [0.2, 0.25) is 0 Å². The van der Waals surface area contributed by atoms with Crippen LogP contribution in [0.15, 0.2) is 48.1 Å². The summed E-state index contributed by atoms with van der Waals surface area (Å²) in [6.07, 6.45) is 5.16. The highest BCUT2D eigenvalue weighted by atomic mass is 32.2. The summed E-state index contributed by atoms with van der Waals surface area (Å²) in [5.74, 6) is -0.577. The molecule has 1 aliphatic carbocycles. The van der Waals surface area contributed by atoms with Crippen molar-refractivity contribution < 1.29 is 36.6 Å². The van der Waals surface area contributed by atoms with E-state index in [1.807, 2.05) is 0 Å². The zero-order valence-electron chi connectivity index (χ0n) is 21.9. The van der Waals surface area contributed by atoms with Crippen LogP contribution in [0.25, 0.3) is 5.57 Å². The van der Waals surface area contributed by atoms with Crippen molar-refractivity contribution in [2.24, 2.45) is 0 Å². The Morgan fingerprint density at radius 1 is 1.18 bits per heavy atom. The standard InChI is InChI=1S/C26H33F4N3O4S/c1-6-33(24(35)36-17(2)15-31-23(34)37-25(3,4)5)20-12-13-21(22(27)14-20)19-9-7-8-18(10-11-19)16-32-38-26(28,29)30/h7,9-14,17,32H,6,8,15-16H2,1-5H3,(H,31,34). The number of alkyl carbamates (subject to hydrolysis) is 1. The molecule has 7 nitrogen and oxygen atoms in total. The van der Waals surface area contributed by atoms with Crippen LogP contribution in [0.4, 0.5) is 32.8 Å². The Balaban J connectivity index is 2.04. The molecular weight excluding hydrogens is 526 g/mol. The lowest BCUT2D eigenvalue weighted by molar-refractivity contribution is -0.0335. The molecule has 210 valence electrons. The van der Waals surface area contributed by atoms with Gasteiger partial charge in [0, 0.05) is 36.3 Å².